The van der Waals surface area contributed by atoms with Crippen molar-refractivity contribution in [2.45, 2.75) is 6.92 Å². The first-order chi connectivity index (χ1) is 4.22. The molecule has 0 saturated heterocycles. The molecular formula is C6H5I2N. The molecule has 1 aromatic rings. The minimum atomic E-state index is 1.11. The van der Waals surface area contributed by atoms with Crippen molar-refractivity contribution in [3.63, 3.8) is 0 Å². The van der Waals surface area contributed by atoms with Gasteiger partial charge < -0.3 is 0 Å². The number of aryl methyl sites for hydroxylation is 1. The molecule has 0 radical (unpaired) electrons. The molecule has 0 saturated carbocycles. The quantitative estimate of drug-likeness (QED) is 0.659. The molecule has 0 bridgehead atoms. The summed E-state index contributed by atoms with van der Waals surface area (Å²) in [5, 5.41) is 0. The summed E-state index contributed by atoms with van der Waals surface area (Å²) in [4.78, 5) is 4.13. The highest BCUT2D eigenvalue weighted by Gasteiger charge is 1.96. The van der Waals surface area contributed by atoms with E-state index >= 15 is 0 Å². The molecule has 0 spiro atoms. The van der Waals surface area contributed by atoms with Crippen molar-refractivity contribution in [3.8, 4) is 0 Å². The minimum absolute atomic E-state index is 1.11. The minimum Gasteiger partial charge on any atom is -0.260 e. The van der Waals surface area contributed by atoms with Crippen molar-refractivity contribution in [1.29, 1.82) is 0 Å². The molecule has 0 fully saturated rings. The first-order valence-electron chi connectivity index (χ1n) is 2.48. The van der Waals surface area contributed by atoms with Crippen LogP contribution in [0.25, 0.3) is 0 Å². The summed E-state index contributed by atoms with van der Waals surface area (Å²) in [5.74, 6) is 0. The van der Waals surface area contributed by atoms with Crippen LogP contribution in [0.4, 0.5) is 0 Å². The zero-order valence-corrected chi connectivity index (χ0v) is 9.17. The molecule has 0 atom stereocenters. The molecule has 0 unspecified atom stereocenters. The fourth-order valence-electron chi connectivity index (χ4n) is 0.517. The molecule has 0 aliphatic heterocycles. The Morgan fingerprint density at radius 2 is 2.11 bits per heavy atom. The Bertz CT molecular complexity index is 202. The molecule has 0 aromatic carbocycles. The maximum absolute atomic E-state index is 4.13. The zero-order valence-electron chi connectivity index (χ0n) is 4.86. The smallest absolute Gasteiger partial charge is 0.0516 e. The van der Waals surface area contributed by atoms with Gasteiger partial charge in [0.1, 0.15) is 0 Å². The van der Waals surface area contributed by atoms with E-state index in [-0.39, 0.29) is 0 Å². The van der Waals surface area contributed by atoms with Crippen LogP contribution >= 0.6 is 45.2 Å². The van der Waals surface area contributed by atoms with Crippen LogP contribution in [0.1, 0.15) is 5.69 Å². The van der Waals surface area contributed by atoms with Crippen LogP contribution in [-0.4, -0.2) is 4.98 Å². The van der Waals surface area contributed by atoms with Crippen LogP contribution in [0.15, 0.2) is 12.3 Å². The van der Waals surface area contributed by atoms with Gasteiger partial charge in [-0.3, -0.25) is 4.98 Å². The van der Waals surface area contributed by atoms with E-state index in [0.29, 0.717) is 0 Å². The molecule has 0 amide bonds. The van der Waals surface area contributed by atoms with Crippen LogP contribution < -0.4 is 0 Å². The molecule has 3 heteroatoms. The van der Waals surface area contributed by atoms with Crippen molar-refractivity contribution < 1.29 is 0 Å². The normalized spacial score (nSPS) is 9.67. The molecule has 0 aliphatic carbocycles. The standard InChI is InChI=1S/C6H5I2N/c1-4-6(8)5(7)2-3-9-4/h2-3H,1H3. The molecule has 1 aromatic heterocycles. The highest BCUT2D eigenvalue weighted by molar-refractivity contribution is 14.1. The number of aromatic nitrogens is 1. The van der Waals surface area contributed by atoms with Gasteiger partial charge in [0.2, 0.25) is 0 Å². The summed E-state index contributed by atoms with van der Waals surface area (Å²) < 4.78 is 2.54. The third-order valence-electron chi connectivity index (χ3n) is 1.02. The summed E-state index contributed by atoms with van der Waals surface area (Å²) in [7, 11) is 0. The van der Waals surface area contributed by atoms with Crippen molar-refractivity contribution >= 4 is 45.2 Å². The van der Waals surface area contributed by atoms with Gasteiger partial charge in [-0.25, -0.2) is 0 Å². The molecule has 1 nitrogen and oxygen atoms in total. The predicted octanol–water partition coefficient (Wildman–Crippen LogP) is 2.60. The molecule has 48 valence electrons. The SMILES string of the molecule is Cc1nccc(I)c1I. The van der Waals surface area contributed by atoms with E-state index < -0.39 is 0 Å². The van der Waals surface area contributed by atoms with Crippen LogP contribution in [0.3, 0.4) is 0 Å². The zero-order chi connectivity index (χ0) is 6.85. The Labute approximate surface area is 81.5 Å². The molecule has 1 heterocycles. The number of rotatable bonds is 0. The second kappa shape index (κ2) is 3.14. The lowest BCUT2D eigenvalue weighted by atomic mass is 10.4. The van der Waals surface area contributed by atoms with E-state index in [2.05, 4.69) is 50.2 Å². The Morgan fingerprint density at radius 1 is 1.44 bits per heavy atom. The van der Waals surface area contributed by atoms with Crippen molar-refractivity contribution in [1.82, 2.24) is 4.98 Å². The monoisotopic (exact) mass is 345 g/mol. The molecular weight excluding hydrogens is 340 g/mol. The van der Waals surface area contributed by atoms with Gasteiger partial charge in [-0.15, -0.1) is 0 Å². The van der Waals surface area contributed by atoms with E-state index in [1.165, 1.54) is 7.14 Å². The van der Waals surface area contributed by atoms with Gasteiger partial charge in [0, 0.05) is 13.3 Å². The maximum Gasteiger partial charge on any atom is 0.0516 e. The number of hydrogen-bond donors (Lipinski definition) is 0. The highest BCUT2D eigenvalue weighted by atomic mass is 127. The van der Waals surface area contributed by atoms with Crippen molar-refractivity contribution in [2.75, 3.05) is 0 Å². The van der Waals surface area contributed by atoms with Crippen LogP contribution in [0.2, 0.25) is 0 Å². The summed E-state index contributed by atoms with van der Waals surface area (Å²) in [5.41, 5.74) is 1.11. The Morgan fingerprint density at radius 3 is 2.56 bits per heavy atom. The van der Waals surface area contributed by atoms with E-state index in [0.717, 1.165) is 5.69 Å². The lowest BCUT2D eigenvalue weighted by Crippen LogP contribution is -1.87. The summed E-state index contributed by atoms with van der Waals surface area (Å²) in [6.07, 6.45) is 1.83. The van der Waals surface area contributed by atoms with E-state index in [9.17, 15) is 0 Å². The fraction of sp³-hybridized carbons (Fsp3) is 0.167. The van der Waals surface area contributed by atoms with Gasteiger partial charge in [-0.1, -0.05) is 0 Å². The fourth-order valence-corrected chi connectivity index (χ4v) is 1.39. The summed E-state index contributed by atoms with van der Waals surface area (Å²) in [6, 6.07) is 2.01. The summed E-state index contributed by atoms with van der Waals surface area (Å²) in [6.45, 7) is 2.02. The van der Waals surface area contributed by atoms with Crippen LogP contribution in [0.5, 0.6) is 0 Å². The van der Waals surface area contributed by atoms with Gasteiger partial charge in [0.15, 0.2) is 0 Å². The molecule has 1 rings (SSSR count). The lowest BCUT2D eigenvalue weighted by Gasteiger charge is -1.96. The Hall–Kier alpha value is 0.610. The maximum atomic E-state index is 4.13. The predicted molar refractivity (Wildman–Crippen MR) is 54.4 cm³/mol. The van der Waals surface area contributed by atoms with Crippen molar-refractivity contribution in [3.05, 3.63) is 25.1 Å². The van der Waals surface area contributed by atoms with Gasteiger partial charge in [0.05, 0.1) is 5.69 Å². The lowest BCUT2D eigenvalue weighted by molar-refractivity contribution is 1.17. The van der Waals surface area contributed by atoms with E-state index in [1.807, 2.05) is 19.2 Å². The molecule has 9 heavy (non-hydrogen) atoms. The van der Waals surface area contributed by atoms with Crippen molar-refractivity contribution in [2.24, 2.45) is 0 Å². The van der Waals surface area contributed by atoms with Gasteiger partial charge in [-0.2, -0.15) is 0 Å². The number of halogens is 2. The van der Waals surface area contributed by atoms with Gasteiger partial charge in [0.25, 0.3) is 0 Å². The van der Waals surface area contributed by atoms with Gasteiger partial charge >= 0.3 is 0 Å². The second-order valence-corrected chi connectivity index (χ2v) is 3.93. The summed E-state index contributed by atoms with van der Waals surface area (Å²) >= 11 is 4.60. The first-order valence-corrected chi connectivity index (χ1v) is 4.64. The molecule has 0 N–H and O–H groups in total. The van der Waals surface area contributed by atoms with E-state index in [4.69, 9.17) is 0 Å². The van der Waals surface area contributed by atoms with Crippen LogP contribution in [0, 0.1) is 14.1 Å². The third-order valence-corrected chi connectivity index (χ3v) is 4.31. The third kappa shape index (κ3) is 1.76. The second-order valence-electron chi connectivity index (χ2n) is 1.69. The number of nitrogens with zero attached hydrogens (tertiary/aromatic N) is 1. The Balaban J connectivity index is 3.25. The largest absolute Gasteiger partial charge is 0.260 e. The first kappa shape index (κ1) is 7.71. The van der Waals surface area contributed by atoms with Crippen LogP contribution in [-0.2, 0) is 0 Å². The molecule has 0 aliphatic rings. The average molecular weight is 345 g/mol. The topological polar surface area (TPSA) is 12.9 Å². The average Bonchev–Trinajstić information content (AvgIpc) is 1.83. The Kier molecular flexibility index (Phi) is 2.69. The van der Waals surface area contributed by atoms with E-state index in [1.54, 1.807) is 0 Å². The highest BCUT2D eigenvalue weighted by Crippen LogP contribution is 2.15. The van der Waals surface area contributed by atoms with Gasteiger partial charge in [-0.05, 0) is 58.2 Å². The number of pyridine rings is 1. The number of hydrogen-bond acceptors (Lipinski definition) is 1.